The first-order valence-electron chi connectivity index (χ1n) is 11.8. The number of para-hydroxylation sites is 1. The first-order chi connectivity index (χ1) is 17.4. The van der Waals surface area contributed by atoms with Crippen LogP contribution in [0.2, 0.25) is 0 Å². The van der Waals surface area contributed by atoms with Crippen molar-refractivity contribution >= 4 is 23.0 Å². The SMILES string of the molecule is CCCc1cc(-c2noc3cc(OC)ccc23)ccc1Oc1ccccc1C[C@@]1(C)OC(=O)NC1=O. The summed E-state index contributed by atoms with van der Waals surface area (Å²) in [5, 5.41) is 7.40. The normalized spacial score (nSPS) is 17.2. The first-order valence-corrected chi connectivity index (χ1v) is 11.8. The Morgan fingerprint density at radius 3 is 2.56 bits per heavy atom. The van der Waals surface area contributed by atoms with Crippen molar-refractivity contribution in [3.8, 4) is 28.5 Å². The third-order valence-corrected chi connectivity index (χ3v) is 6.27. The van der Waals surface area contributed by atoms with Gasteiger partial charge in [-0.15, -0.1) is 0 Å². The summed E-state index contributed by atoms with van der Waals surface area (Å²) in [4.78, 5) is 23.9. The average Bonchev–Trinajstić information content (AvgIpc) is 3.40. The molecule has 0 unspecified atom stereocenters. The Morgan fingerprint density at radius 2 is 1.81 bits per heavy atom. The Balaban J connectivity index is 1.46. The number of benzene rings is 3. The zero-order valence-corrected chi connectivity index (χ0v) is 20.3. The summed E-state index contributed by atoms with van der Waals surface area (Å²) in [6.45, 7) is 3.70. The number of alkyl carbamates (subject to hydrolysis) is 1. The van der Waals surface area contributed by atoms with Crippen molar-refractivity contribution in [2.75, 3.05) is 7.11 Å². The summed E-state index contributed by atoms with van der Waals surface area (Å²) < 4.78 is 22.5. The number of imide groups is 1. The van der Waals surface area contributed by atoms with E-state index < -0.39 is 17.6 Å². The molecule has 1 fully saturated rings. The van der Waals surface area contributed by atoms with E-state index in [2.05, 4.69) is 23.5 Å². The van der Waals surface area contributed by atoms with Crippen LogP contribution < -0.4 is 14.8 Å². The average molecular weight is 487 g/mol. The molecular weight excluding hydrogens is 460 g/mol. The van der Waals surface area contributed by atoms with E-state index in [0.29, 0.717) is 22.8 Å². The fourth-order valence-electron chi connectivity index (χ4n) is 4.39. The Labute approximate surface area is 208 Å². The van der Waals surface area contributed by atoms with Gasteiger partial charge < -0.3 is 18.7 Å². The number of nitrogens with zero attached hydrogens (tertiary/aromatic N) is 1. The van der Waals surface area contributed by atoms with Crippen LogP contribution in [0, 0.1) is 0 Å². The van der Waals surface area contributed by atoms with Gasteiger partial charge in [-0.25, -0.2) is 4.79 Å². The Morgan fingerprint density at radius 1 is 1.00 bits per heavy atom. The summed E-state index contributed by atoms with van der Waals surface area (Å²) in [5.74, 6) is 1.55. The summed E-state index contributed by atoms with van der Waals surface area (Å²) in [5.41, 5.74) is 2.81. The van der Waals surface area contributed by atoms with E-state index in [1.165, 1.54) is 0 Å². The molecule has 1 saturated heterocycles. The van der Waals surface area contributed by atoms with Gasteiger partial charge in [0.1, 0.15) is 22.9 Å². The molecule has 0 saturated carbocycles. The molecule has 36 heavy (non-hydrogen) atoms. The molecule has 1 N–H and O–H groups in total. The number of nitrogens with one attached hydrogen (secondary N) is 1. The van der Waals surface area contributed by atoms with Gasteiger partial charge in [0.15, 0.2) is 11.2 Å². The van der Waals surface area contributed by atoms with E-state index >= 15 is 0 Å². The van der Waals surface area contributed by atoms with Gasteiger partial charge in [-0.1, -0.05) is 36.7 Å². The number of hydrogen-bond donors (Lipinski definition) is 1. The van der Waals surface area contributed by atoms with E-state index in [4.69, 9.17) is 18.7 Å². The van der Waals surface area contributed by atoms with Gasteiger partial charge in [0, 0.05) is 23.4 Å². The zero-order chi connectivity index (χ0) is 25.3. The van der Waals surface area contributed by atoms with E-state index in [1.54, 1.807) is 14.0 Å². The lowest BCUT2D eigenvalue weighted by molar-refractivity contribution is -0.129. The fraction of sp³-hybridized carbons (Fsp3) is 0.250. The molecule has 3 aromatic carbocycles. The number of cyclic esters (lactones) is 1. The summed E-state index contributed by atoms with van der Waals surface area (Å²) >= 11 is 0. The van der Waals surface area contributed by atoms with Crippen LogP contribution >= 0.6 is 0 Å². The number of methoxy groups -OCH3 is 1. The molecule has 1 aliphatic heterocycles. The van der Waals surface area contributed by atoms with Gasteiger partial charge in [-0.05, 0) is 60.9 Å². The van der Waals surface area contributed by atoms with Crippen LogP contribution in [-0.4, -0.2) is 29.9 Å². The smallest absolute Gasteiger partial charge is 0.415 e. The maximum atomic E-state index is 12.3. The molecular formula is C28H26N2O6. The molecule has 0 aliphatic carbocycles. The monoisotopic (exact) mass is 486 g/mol. The van der Waals surface area contributed by atoms with Crippen LogP contribution in [0.25, 0.3) is 22.2 Å². The van der Waals surface area contributed by atoms with Gasteiger partial charge in [0.05, 0.1) is 7.11 Å². The molecule has 5 rings (SSSR count). The van der Waals surface area contributed by atoms with Gasteiger partial charge >= 0.3 is 6.09 Å². The van der Waals surface area contributed by atoms with Crippen molar-refractivity contribution < 1.29 is 28.3 Å². The number of aryl methyl sites for hydroxylation is 1. The van der Waals surface area contributed by atoms with Gasteiger partial charge in [-0.2, -0.15) is 0 Å². The van der Waals surface area contributed by atoms with Gasteiger partial charge in [-0.3, -0.25) is 10.1 Å². The Hall–Kier alpha value is -4.33. The number of fused-ring (bicyclic) bond motifs is 1. The van der Waals surface area contributed by atoms with Crippen LogP contribution in [0.5, 0.6) is 17.2 Å². The first kappa shape index (κ1) is 23.4. The van der Waals surface area contributed by atoms with Gasteiger partial charge in [0.25, 0.3) is 5.91 Å². The standard InChI is InChI=1S/C28H26N2O6/c1-4-7-17-14-18(25-21-12-11-20(33-3)15-24(21)36-30-25)10-13-23(17)34-22-9-6-5-8-19(22)16-28(2)26(31)29-27(32)35-28/h5-6,8-15H,4,7,16H2,1-3H3,(H,29,31,32)/t28-/m1/s1. The lowest BCUT2D eigenvalue weighted by Gasteiger charge is -2.21. The lowest BCUT2D eigenvalue weighted by Crippen LogP contribution is -2.38. The molecule has 0 bridgehead atoms. The zero-order valence-electron chi connectivity index (χ0n) is 20.3. The third-order valence-electron chi connectivity index (χ3n) is 6.27. The highest BCUT2D eigenvalue weighted by Crippen LogP contribution is 2.36. The number of carbonyl (C=O) groups is 2. The summed E-state index contributed by atoms with van der Waals surface area (Å²) in [7, 11) is 1.61. The van der Waals surface area contributed by atoms with Crippen LogP contribution in [-0.2, 0) is 22.4 Å². The largest absolute Gasteiger partial charge is 0.497 e. The van der Waals surface area contributed by atoms with Crippen molar-refractivity contribution in [3.05, 3.63) is 71.8 Å². The number of rotatable bonds is 8. The second-order valence-electron chi connectivity index (χ2n) is 8.93. The highest BCUT2D eigenvalue weighted by Gasteiger charge is 2.45. The molecule has 184 valence electrons. The molecule has 1 aliphatic rings. The molecule has 0 spiro atoms. The molecule has 8 heteroatoms. The highest BCUT2D eigenvalue weighted by molar-refractivity contribution is 6.02. The van der Waals surface area contributed by atoms with Crippen molar-refractivity contribution in [2.45, 2.75) is 38.7 Å². The van der Waals surface area contributed by atoms with Crippen LogP contribution in [0.1, 0.15) is 31.4 Å². The second kappa shape index (κ2) is 9.37. The lowest BCUT2D eigenvalue weighted by atomic mass is 9.95. The van der Waals surface area contributed by atoms with Crippen molar-refractivity contribution in [3.63, 3.8) is 0 Å². The number of aromatic nitrogens is 1. The van der Waals surface area contributed by atoms with Crippen LogP contribution in [0.3, 0.4) is 0 Å². The number of carbonyl (C=O) groups excluding carboxylic acids is 2. The van der Waals surface area contributed by atoms with Crippen molar-refractivity contribution in [1.82, 2.24) is 10.5 Å². The van der Waals surface area contributed by atoms with Crippen LogP contribution in [0.15, 0.2) is 65.2 Å². The molecule has 8 nitrogen and oxygen atoms in total. The fourth-order valence-corrected chi connectivity index (χ4v) is 4.39. The van der Waals surface area contributed by atoms with E-state index in [0.717, 1.165) is 40.6 Å². The van der Waals surface area contributed by atoms with E-state index in [-0.39, 0.29) is 6.42 Å². The van der Waals surface area contributed by atoms with E-state index in [1.807, 2.05) is 54.6 Å². The molecule has 1 aromatic heterocycles. The number of hydrogen-bond acceptors (Lipinski definition) is 7. The minimum atomic E-state index is -1.29. The van der Waals surface area contributed by atoms with Crippen LogP contribution in [0.4, 0.5) is 4.79 Å². The maximum Gasteiger partial charge on any atom is 0.415 e. The van der Waals surface area contributed by atoms with E-state index in [9.17, 15) is 9.59 Å². The van der Waals surface area contributed by atoms with Gasteiger partial charge in [0.2, 0.25) is 0 Å². The molecule has 2 heterocycles. The number of ether oxygens (including phenoxy) is 3. The molecule has 4 aromatic rings. The number of amides is 2. The minimum Gasteiger partial charge on any atom is -0.497 e. The second-order valence-corrected chi connectivity index (χ2v) is 8.93. The Kier molecular flexibility index (Phi) is 6.10. The topological polar surface area (TPSA) is 99.9 Å². The molecule has 2 amide bonds. The maximum absolute atomic E-state index is 12.3. The van der Waals surface area contributed by atoms with Crippen molar-refractivity contribution in [2.24, 2.45) is 0 Å². The summed E-state index contributed by atoms with van der Waals surface area (Å²) in [6, 6.07) is 19.0. The summed E-state index contributed by atoms with van der Waals surface area (Å²) in [6.07, 6.45) is 1.18. The van der Waals surface area contributed by atoms with Crippen molar-refractivity contribution in [1.29, 1.82) is 0 Å². The third kappa shape index (κ3) is 4.37. The predicted molar refractivity (Wildman–Crippen MR) is 133 cm³/mol. The molecule has 0 radical (unpaired) electrons. The Bertz CT molecular complexity index is 1460. The predicted octanol–water partition coefficient (Wildman–Crippen LogP) is 5.82. The minimum absolute atomic E-state index is 0.191. The molecule has 1 atom stereocenters. The quantitative estimate of drug-likeness (QED) is 0.335. The highest BCUT2D eigenvalue weighted by atomic mass is 16.6.